The van der Waals surface area contributed by atoms with Crippen LogP contribution in [0.2, 0.25) is 39.3 Å². The monoisotopic (exact) mass is 337 g/mol. The Morgan fingerprint density at radius 2 is 1.29 bits per heavy atom. The second-order valence-electron chi connectivity index (χ2n) is 8.65. The summed E-state index contributed by atoms with van der Waals surface area (Å²) in [5, 5.41) is 0.280. The van der Waals surface area contributed by atoms with E-state index in [0.29, 0.717) is 0 Å². The van der Waals surface area contributed by atoms with E-state index in [2.05, 4.69) is 94.6 Å². The standard InChI is InChI=1S/C17H32NPSi2/c1-17(2,3)19-16(15-13-11-10-12-14-15)18(20(4,5)6)21(7,8)9/h10-14H,1-9H3. The fourth-order valence-electron chi connectivity index (χ4n) is 2.79. The maximum absolute atomic E-state index is 2.86. The molecule has 1 aromatic carbocycles. The van der Waals surface area contributed by atoms with E-state index in [9.17, 15) is 0 Å². The fourth-order valence-corrected chi connectivity index (χ4v) is 15.5. The summed E-state index contributed by atoms with van der Waals surface area (Å²) in [6, 6.07) is 11.0. The van der Waals surface area contributed by atoms with Crippen LogP contribution in [0.25, 0.3) is 0 Å². The van der Waals surface area contributed by atoms with E-state index in [0.717, 1.165) is 0 Å². The van der Waals surface area contributed by atoms with Crippen LogP contribution in [0.1, 0.15) is 26.3 Å². The molecular formula is C17H32NPSi2. The molecular weight excluding hydrogens is 305 g/mol. The summed E-state index contributed by atoms with van der Waals surface area (Å²) < 4.78 is 2.86. The Morgan fingerprint density at radius 3 is 1.62 bits per heavy atom. The van der Waals surface area contributed by atoms with E-state index < -0.39 is 16.5 Å². The molecule has 0 fully saturated rings. The molecule has 0 bridgehead atoms. The van der Waals surface area contributed by atoms with Crippen LogP contribution in [-0.2, 0) is 0 Å². The first kappa shape index (κ1) is 18.8. The summed E-state index contributed by atoms with van der Waals surface area (Å²) in [4.78, 5) is 0. The Kier molecular flexibility index (Phi) is 5.82. The van der Waals surface area contributed by atoms with Crippen molar-refractivity contribution >= 4 is 30.1 Å². The van der Waals surface area contributed by atoms with Crippen LogP contribution in [0.3, 0.4) is 0 Å². The molecule has 0 aromatic heterocycles. The number of benzene rings is 1. The molecule has 0 aliphatic rings. The molecule has 1 nitrogen and oxygen atoms in total. The summed E-state index contributed by atoms with van der Waals surface area (Å²) in [6.45, 7) is 21.9. The van der Waals surface area contributed by atoms with Gasteiger partial charge in [-0.15, -0.1) is 0 Å². The lowest BCUT2D eigenvalue weighted by atomic mass is 10.2. The first-order valence-corrected chi connectivity index (χ1v) is 15.6. The fraction of sp³-hybridized carbons (Fsp3) is 0.588. The predicted octanol–water partition coefficient (Wildman–Crippen LogP) is 5.88. The molecule has 4 heteroatoms. The van der Waals surface area contributed by atoms with Gasteiger partial charge in [0.1, 0.15) is 16.5 Å². The van der Waals surface area contributed by atoms with Gasteiger partial charge in [0.2, 0.25) is 0 Å². The lowest BCUT2D eigenvalue weighted by Gasteiger charge is -2.45. The summed E-state index contributed by atoms with van der Waals surface area (Å²) in [6.07, 6.45) is 0. The third-order valence-electron chi connectivity index (χ3n) is 3.03. The molecule has 0 radical (unpaired) electrons. The number of rotatable bonds is 4. The summed E-state index contributed by atoms with van der Waals surface area (Å²) in [7, 11) is -1.39. The summed E-state index contributed by atoms with van der Waals surface area (Å²) >= 11 is 0. The molecule has 0 amide bonds. The molecule has 0 atom stereocenters. The topological polar surface area (TPSA) is 3.24 Å². The smallest absolute Gasteiger partial charge is 0.117 e. The van der Waals surface area contributed by atoms with Gasteiger partial charge in [-0.1, -0.05) is 98.6 Å². The van der Waals surface area contributed by atoms with Crippen LogP contribution in [0.5, 0.6) is 0 Å². The van der Waals surface area contributed by atoms with Crippen molar-refractivity contribution in [2.75, 3.05) is 0 Å². The zero-order valence-electron chi connectivity index (χ0n) is 15.3. The first-order valence-electron chi connectivity index (χ1n) is 7.78. The molecule has 1 rings (SSSR count). The van der Waals surface area contributed by atoms with E-state index in [4.69, 9.17) is 0 Å². The molecule has 0 saturated heterocycles. The largest absolute Gasteiger partial charge is 0.313 e. The zero-order chi connectivity index (χ0) is 16.5. The summed E-state index contributed by atoms with van der Waals surface area (Å²) in [5.74, 6) is 0. The van der Waals surface area contributed by atoms with Crippen LogP contribution in [0.15, 0.2) is 30.3 Å². The van der Waals surface area contributed by atoms with Gasteiger partial charge in [-0.05, 0) is 5.56 Å². The highest BCUT2D eigenvalue weighted by Gasteiger charge is 2.38. The molecule has 0 spiro atoms. The SMILES string of the molecule is CC(C)(C)P=C(c1ccccc1)N([Si](C)(C)C)[Si](C)(C)C. The van der Waals surface area contributed by atoms with Gasteiger partial charge >= 0.3 is 0 Å². The van der Waals surface area contributed by atoms with Crippen molar-refractivity contribution in [3.05, 3.63) is 35.9 Å². The maximum Gasteiger partial charge on any atom is 0.117 e. The van der Waals surface area contributed by atoms with E-state index in [-0.39, 0.29) is 5.16 Å². The van der Waals surface area contributed by atoms with Crippen molar-refractivity contribution < 1.29 is 0 Å². The van der Waals surface area contributed by atoms with E-state index in [1.807, 2.05) is 0 Å². The molecule has 0 unspecified atom stereocenters. The van der Waals surface area contributed by atoms with Crippen LogP contribution >= 0.6 is 8.20 Å². The highest BCUT2D eigenvalue weighted by molar-refractivity contribution is 7.43. The van der Waals surface area contributed by atoms with Crippen molar-refractivity contribution in [1.82, 2.24) is 4.23 Å². The van der Waals surface area contributed by atoms with E-state index in [1.165, 1.54) is 13.8 Å². The van der Waals surface area contributed by atoms with Crippen molar-refractivity contribution in [1.29, 1.82) is 0 Å². The Labute approximate surface area is 135 Å². The lowest BCUT2D eigenvalue weighted by molar-refractivity contribution is 0.800. The Bertz CT molecular complexity index is 476. The minimum Gasteiger partial charge on any atom is -0.313 e. The normalized spacial score (nSPS) is 14.7. The van der Waals surface area contributed by atoms with Crippen molar-refractivity contribution in [2.45, 2.75) is 65.2 Å². The molecule has 0 heterocycles. The van der Waals surface area contributed by atoms with Crippen molar-refractivity contribution in [2.24, 2.45) is 0 Å². The van der Waals surface area contributed by atoms with Crippen LogP contribution < -0.4 is 0 Å². The third-order valence-corrected chi connectivity index (χ3v) is 11.9. The highest BCUT2D eigenvalue weighted by Crippen LogP contribution is 2.32. The second kappa shape index (κ2) is 6.49. The second-order valence-corrected chi connectivity index (χ2v) is 20.7. The molecule has 0 aliphatic carbocycles. The van der Waals surface area contributed by atoms with Gasteiger partial charge in [0.05, 0.1) is 0 Å². The minimum atomic E-state index is -1.42. The van der Waals surface area contributed by atoms with Crippen LogP contribution in [0, 0.1) is 0 Å². The van der Waals surface area contributed by atoms with Gasteiger partial charge in [0, 0.05) is 10.6 Å². The Hall–Kier alpha value is -0.216. The average Bonchev–Trinajstić information content (AvgIpc) is 2.23. The van der Waals surface area contributed by atoms with Gasteiger partial charge in [0.15, 0.2) is 0 Å². The average molecular weight is 338 g/mol. The van der Waals surface area contributed by atoms with Gasteiger partial charge in [-0.2, -0.15) is 0 Å². The van der Waals surface area contributed by atoms with Crippen LogP contribution in [-0.4, -0.2) is 31.3 Å². The molecule has 0 saturated carbocycles. The van der Waals surface area contributed by atoms with Gasteiger partial charge in [-0.25, -0.2) is 0 Å². The Balaban J connectivity index is 3.53. The van der Waals surface area contributed by atoms with Crippen molar-refractivity contribution in [3.8, 4) is 0 Å². The number of hydrogen-bond donors (Lipinski definition) is 0. The predicted molar refractivity (Wildman–Crippen MR) is 106 cm³/mol. The molecule has 0 N–H and O–H groups in total. The summed E-state index contributed by atoms with van der Waals surface area (Å²) in [5.41, 5.74) is 2.94. The minimum absolute atomic E-state index is 0.280. The van der Waals surface area contributed by atoms with E-state index in [1.54, 1.807) is 5.42 Å². The molecule has 118 valence electrons. The van der Waals surface area contributed by atoms with Gasteiger partial charge < -0.3 is 4.23 Å². The molecule has 0 aliphatic heterocycles. The Morgan fingerprint density at radius 1 is 0.857 bits per heavy atom. The lowest BCUT2D eigenvalue weighted by Crippen LogP contribution is -2.61. The number of hydrogen-bond acceptors (Lipinski definition) is 0. The third kappa shape index (κ3) is 5.82. The van der Waals surface area contributed by atoms with Crippen molar-refractivity contribution in [3.63, 3.8) is 0 Å². The van der Waals surface area contributed by atoms with Gasteiger partial charge in [-0.3, -0.25) is 0 Å². The maximum atomic E-state index is 2.86. The van der Waals surface area contributed by atoms with E-state index >= 15 is 0 Å². The molecule has 21 heavy (non-hydrogen) atoms. The number of nitrogens with zero attached hydrogens (tertiary/aromatic N) is 1. The molecule has 1 aromatic rings. The van der Waals surface area contributed by atoms with Crippen LogP contribution in [0.4, 0.5) is 0 Å². The zero-order valence-corrected chi connectivity index (χ0v) is 18.2. The highest BCUT2D eigenvalue weighted by atomic mass is 31.1. The van der Waals surface area contributed by atoms with Gasteiger partial charge in [0.25, 0.3) is 0 Å². The first-order chi connectivity index (χ1) is 9.32. The quantitative estimate of drug-likeness (QED) is 0.490.